The van der Waals surface area contributed by atoms with Crippen molar-refractivity contribution in [3.8, 4) is 17.2 Å². The normalized spacial score (nSPS) is 13.2. The topological polar surface area (TPSA) is 67.4 Å². The van der Waals surface area contributed by atoms with Crippen LogP contribution in [0.15, 0.2) is 41.4 Å². The van der Waals surface area contributed by atoms with Gasteiger partial charge in [-0.05, 0) is 38.1 Å². The second-order valence-electron chi connectivity index (χ2n) is 7.75. The van der Waals surface area contributed by atoms with Gasteiger partial charge in [0.25, 0.3) is 0 Å². The maximum absolute atomic E-state index is 12.8. The van der Waals surface area contributed by atoms with E-state index in [2.05, 4.69) is 58.3 Å². The van der Waals surface area contributed by atoms with E-state index in [0.717, 1.165) is 12.1 Å². The van der Waals surface area contributed by atoms with E-state index in [9.17, 15) is 8.78 Å². The van der Waals surface area contributed by atoms with Crippen molar-refractivity contribution in [2.24, 2.45) is 4.99 Å². The van der Waals surface area contributed by atoms with E-state index in [0.29, 0.717) is 35.6 Å². The number of aliphatic imine (C=N–C) groups is 1. The quantitative estimate of drug-likeness (QED) is 0.450. The molecule has 2 aromatic rings. The largest absolute Gasteiger partial charge is 0.454 e. The van der Waals surface area contributed by atoms with Crippen LogP contribution in [0.25, 0.3) is 0 Å². The number of guanidine groups is 1. The minimum Gasteiger partial charge on any atom is -0.454 e. The summed E-state index contributed by atoms with van der Waals surface area (Å²) < 4.78 is 41.0. The number of rotatable bonds is 9. The Morgan fingerprint density at radius 1 is 1.06 bits per heavy atom. The molecular weight excluding hydrogens is 418 g/mol. The number of fused-ring (bicyclic) bond motifs is 1. The number of hydrogen-bond donors (Lipinski definition) is 2. The minimum absolute atomic E-state index is 0.0364. The molecule has 1 aliphatic rings. The summed E-state index contributed by atoms with van der Waals surface area (Å²) in [5.74, 6) is 1.45. The van der Waals surface area contributed by atoms with E-state index in [4.69, 9.17) is 9.47 Å². The molecule has 0 saturated heterocycles. The highest BCUT2D eigenvalue weighted by Gasteiger charge is 2.20. The Morgan fingerprint density at radius 3 is 2.31 bits per heavy atom. The van der Waals surface area contributed by atoms with Crippen LogP contribution < -0.4 is 24.8 Å². The lowest BCUT2D eigenvalue weighted by Crippen LogP contribution is -2.36. The molecule has 0 saturated carbocycles. The van der Waals surface area contributed by atoms with Crippen LogP contribution in [0.5, 0.6) is 17.2 Å². The number of alkyl halides is 2. The number of nitrogens with one attached hydrogen (secondary N) is 2. The van der Waals surface area contributed by atoms with Crippen molar-refractivity contribution >= 4 is 5.96 Å². The number of benzene rings is 2. The second kappa shape index (κ2) is 11.0. The Bertz CT molecular complexity index is 937. The summed E-state index contributed by atoms with van der Waals surface area (Å²) in [4.78, 5) is 6.51. The van der Waals surface area contributed by atoms with E-state index >= 15 is 0 Å². The van der Waals surface area contributed by atoms with Gasteiger partial charge in [-0.25, -0.2) is 0 Å². The zero-order valence-electron chi connectivity index (χ0n) is 18.8. The first-order chi connectivity index (χ1) is 15.4. The smallest absolute Gasteiger partial charge is 0.387 e. The Balaban J connectivity index is 1.64. The SMILES string of the molecule is CN=C(NCc1ccccc1CN(C)C(C)C)NCc1cc2c(cc1OC(F)F)OCO2. The molecule has 0 atom stereocenters. The lowest BCUT2D eigenvalue weighted by atomic mass is 10.1. The molecule has 0 bridgehead atoms. The van der Waals surface area contributed by atoms with Crippen molar-refractivity contribution in [3.63, 3.8) is 0 Å². The van der Waals surface area contributed by atoms with Crippen LogP contribution in [0.4, 0.5) is 8.78 Å². The van der Waals surface area contributed by atoms with Crippen molar-refractivity contribution in [2.75, 3.05) is 20.9 Å². The lowest BCUT2D eigenvalue weighted by molar-refractivity contribution is -0.0505. The maximum atomic E-state index is 12.8. The summed E-state index contributed by atoms with van der Waals surface area (Å²) >= 11 is 0. The van der Waals surface area contributed by atoms with Crippen molar-refractivity contribution < 1.29 is 23.0 Å². The molecule has 0 fully saturated rings. The van der Waals surface area contributed by atoms with Crippen molar-refractivity contribution in [1.29, 1.82) is 0 Å². The van der Waals surface area contributed by atoms with E-state index in [1.54, 1.807) is 13.1 Å². The highest BCUT2D eigenvalue weighted by molar-refractivity contribution is 5.79. The molecule has 0 spiro atoms. The van der Waals surface area contributed by atoms with Gasteiger partial charge in [-0.1, -0.05) is 24.3 Å². The average Bonchev–Trinajstić information content (AvgIpc) is 3.21. The predicted octanol–water partition coefficient (Wildman–Crippen LogP) is 3.72. The van der Waals surface area contributed by atoms with Gasteiger partial charge >= 0.3 is 6.61 Å². The molecular formula is C23H30F2N4O3. The van der Waals surface area contributed by atoms with E-state index in [1.807, 2.05) is 12.1 Å². The Kier molecular flexibility index (Phi) is 8.10. The van der Waals surface area contributed by atoms with Crippen molar-refractivity contribution in [1.82, 2.24) is 15.5 Å². The summed E-state index contributed by atoms with van der Waals surface area (Å²) in [6.07, 6.45) is 0. The summed E-state index contributed by atoms with van der Waals surface area (Å²) in [7, 11) is 3.75. The fourth-order valence-corrected chi connectivity index (χ4v) is 3.22. The van der Waals surface area contributed by atoms with E-state index < -0.39 is 6.61 Å². The monoisotopic (exact) mass is 448 g/mol. The molecule has 32 heavy (non-hydrogen) atoms. The summed E-state index contributed by atoms with van der Waals surface area (Å²) in [6, 6.07) is 11.7. The molecule has 0 amide bonds. The minimum atomic E-state index is -2.94. The van der Waals surface area contributed by atoms with Gasteiger partial charge in [-0.15, -0.1) is 0 Å². The van der Waals surface area contributed by atoms with Gasteiger partial charge in [0.1, 0.15) is 5.75 Å². The fraction of sp³-hybridized carbons (Fsp3) is 0.435. The molecule has 0 unspecified atom stereocenters. The molecule has 1 aliphatic heterocycles. The summed E-state index contributed by atoms with van der Waals surface area (Å²) in [5.41, 5.74) is 2.90. The first-order valence-corrected chi connectivity index (χ1v) is 10.5. The number of nitrogens with zero attached hydrogens (tertiary/aromatic N) is 2. The second-order valence-corrected chi connectivity index (χ2v) is 7.75. The predicted molar refractivity (Wildman–Crippen MR) is 119 cm³/mol. The standard InChI is InChI=1S/C23H30F2N4O3/c1-15(2)29(4)13-17-8-6-5-7-16(17)11-27-23(26-3)28-12-18-9-20-21(31-14-30-20)10-19(18)32-22(24)25/h5-10,15,22H,11-14H2,1-4H3,(H2,26,27,28). The molecule has 7 nitrogen and oxygen atoms in total. The van der Waals surface area contributed by atoms with Gasteiger partial charge < -0.3 is 24.8 Å². The molecule has 2 aromatic carbocycles. The van der Waals surface area contributed by atoms with Crippen LogP contribution in [-0.2, 0) is 19.6 Å². The molecule has 3 rings (SSSR count). The summed E-state index contributed by atoms with van der Waals surface area (Å²) in [6.45, 7) is 3.07. The molecule has 0 aliphatic carbocycles. The number of halogens is 2. The van der Waals surface area contributed by atoms with Gasteiger partial charge in [-0.2, -0.15) is 8.78 Å². The third-order valence-corrected chi connectivity index (χ3v) is 5.31. The van der Waals surface area contributed by atoms with Crippen molar-refractivity contribution in [2.45, 2.75) is 46.1 Å². The molecule has 9 heteroatoms. The van der Waals surface area contributed by atoms with Crippen LogP contribution in [0.2, 0.25) is 0 Å². The Labute approximate surface area is 187 Å². The van der Waals surface area contributed by atoms with Gasteiger partial charge in [-0.3, -0.25) is 9.89 Å². The van der Waals surface area contributed by atoms with Gasteiger partial charge in [0, 0.05) is 44.4 Å². The van der Waals surface area contributed by atoms with Crippen molar-refractivity contribution in [3.05, 3.63) is 53.1 Å². The summed E-state index contributed by atoms with van der Waals surface area (Å²) in [5, 5.41) is 6.43. The molecule has 2 N–H and O–H groups in total. The Hall–Kier alpha value is -3.07. The maximum Gasteiger partial charge on any atom is 0.387 e. The van der Waals surface area contributed by atoms with E-state index in [1.165, 1.54) is 11.6 Å². The third kappa shape index (κ3) is 6.23. The first kappa shape index (κ1) is 23.6. The number of hydrogen-bond acceptors (Lipinski definition) is 5. The third-order valence-electron chi connectivity index (χ3n) is 5.31. The lowest BCUT2D eigenvalue weighted by Gasteiger charge is -2.23. The van der Waals surface area contributed by atoms with Gasteiger partial charge in [0.15, 0.2) is 17.5 Å². The van der Waals surface area contributed by atoms with Crippen LogP contribution >= 0.6 is 0 Å². The van der Waals surface area contributed by atoms with E-state index in [-0.39, 0.29) is 19.1 Å². The van der Waals surface area contributed by atoms with Gasteiger partial charge in [0.2, 0.25) is 6.79 Å². The Morgan fingerprint density at radius 2 is 1.69 bits per heavy atom. The average molecular weight is 449 g/mol. The van der Waals surface area contributed by atoms with Crippen LogP contribution in [-0.4, -0.2) is 44.4 Å². The highest BCUT2D eigenvalue weighted by Crippen LogP contribution is 2.38. The zero-order chi connectivity index (χ0) is 23.1. The number of ether oxygens (including phenoxy) is 3. The van der Waals surface area contributed by atoms with Crippen LogP contribution in [0.1, 0.15) is 30.5 Å². The van der Waals surface area contributed by atoms with Crippen LogP contribution in [0.3, 0.4) is 0 Å². The fourth-order valence-electron chi connectivity index (χ4n) is 3.22. The zero-order valence-corrected chi connectivity index (χ0v) is 18.8. The van der Waals surface area contributed by atoms with Crippen LogP contribution in [0, 0.1) is 0 Å². The van der Waals surface area contributed by atoms with Gasteiger partial charge in [0.05, 0.1) is 0 Å². The molecule has 0 radical (unpaired) electrons. The molecule has 1 heterocycles. The molecule has 174 valence electrons. The first-order valence-electron chi connectivity index (χ1n) is 10.5. The molecule has 0 aromatic heterocycles. The highest BCUT2D eigenvalue weighted by atomic mass is 19.3.